The third-order valence-corrected chi connectivity index (χ3v) is 4.22. The molecule has 124 valence electrons. The molecule has 0 saturated carbocycles. The van der Waals surface area contributed by atoms with E-state index in [0.29, 0.717) is 19.3 Å². The van der Waals surface area contributed by atoms with Gasteiger partial charge in [0.1, 0.15) is 5.76 Å². The van der Waals surface area contributed by atoms with E-state index in [4.69, 9.17) is 4.52 Å². The summed E-state index contributed by atoms with van der Waals surface area (Å²) in [7, 11) is 1.79. The van der Waals surface area contributed by atoms with Crippen LogP contribution >= 0.6 is 0 Å². The Morgan fingerprint density at radius 1 is 1.30 bits per heavy atom. The molecule has 0 aliphatic heterocycles. The number of carbonyl (C=O) groups is 1. The first-order valence-corrected chi connectivity index (χ1v) is 7.87. The van der Waals surface area contributed by atoms with Crippen molar-refractivity contribution in [1.29, 1.82) is 0 Å². The molecule has 1 atom stereocenters. The van der Waals surface area contributed by atoms with Crippen molar-refractivity contribution in [2.75, 3.05) is 13.7 Å². The van der Waals surface area contributed by atoms with E-state index in [-0.39, 0.29) is 18.6 Å². The van der Waals surface area contributed by atoms with Crippen LogP contribution in [0.1, 0.15) is 41.5 Å². The zero-order valence-electron chi connectivity index (χ0n) is 14.0. The lowest BCUT2D eigenvalue weighted by Gasteiger charge is -2.28. The van der Waals surface area contributed by atoms with Crippen molar-refractivity contribution in [1.82, 2.24) is 10.1 Å². The molecule has 5 heteroatoms. The number of amides is 1. The monoisotopic (exact) mass is 316 g/mol. The normalized spacial score (nSPS) is 12.2. The highest BCUT2D eigenvalue weighted by atomic mass is 16.5. The molecule has 0 saturated heterocycles. The summed E-state index contributed by atoms with van der Waals surface area (Å²) < 4.78 is 5.14. The highest BCUT2D eigenvalue weighted by Crippen LogP contribution is 2.24. The summed E-state index contributed by atoms with van der Waals surface area (Å²) in [6, 6.07) is 9.69. The Kier molecular flexibility index (Phi) is 5.93. The fourth-order valence-electron chi connectivity index (χ4n) is 2.82. The van der Waals surface area contributed by atoms with Gasteiger partial charge < -0.3 is 14.5 Å². The first-order valence-electron chi connectivity index (χ1n) is 7.87. The van der Waals surface area contributed by atoms with Gasteiger partial charge in [-0.3, -0.25) is 4.79 Å². The topological polar surface area (TPSA) is 66.6 Å². The van der Waals surface area contributed by atoms with Crippen molar-refractivity contribution < 1.29 is 14.4 Å². The van der Waals surface area contributed by atoms with Crippen molar-refractivity contribution in [3.63, 3.8) is 0 Å². The van der Waals surface area contributed by atoms with Crippen LogP contribution in [0.5, 0.6) is 0 Å². The predicted molar refractivity (Wildman–Crippen MR) is 88.0 cm³/mol. The summed E-state index contributed by atoms with van der Waals surface area (Å²) in [5.74, 6) is 0.820. The first-order chi connectivity index (χ1) is 11.0. The van der Waals surface area contributed by atoms with Crippen molar-refractivity contribution in [2.45, 2.75) is 39.2 Å². The Labute approximate surface area is 136 Å². The van der Waals surface area contributed by atoms with Gasteiger partial charge in [-0.15, -0.1) is 0 Å². The maximum atomic E-state index is 12.5. The van der Waals surface area contributed by atoms with Gasteiger partial charge in [0.05, 0.1) is 11.7 Å². The second-order valence-electron chi connectivity index (χ2n) is 5.75. The van der Waals surface area contributed by atoms with Gasteiger partial charge >= 0.3 is 0 Å². The van der Waals surface area contributed by atoms with E-state index in [2.05, 4.69) is 5.16 Å². The molecule has 0 aliphatic rings. The van der Waals surface area contributed by atoms with Crippen LogP contribution in [0.3, 0.4) is 0 Å². The lowest BCUT2D eigenvalue weighted by molar-refractivity contribution is -0.132. The van der Waals surface area contributed by atoms with E-state index in [1.165, 1.54) is 0 Å². The van der Waals surface area contributed by atoms with Crippen LogP contribution in [-0.4, -0.2) is 34.7 Å². The number of benzene rings is 1. The number of nitrogens with zero attached hydrogens (tertiary/aromatic N) is 2. The van der Waals surface area contributed by atoms with Crippen LogP contribution in [-0.2, 0) is 11.2 Å². The molecule has 1 heterocycles. The Balaban J connectivity index is 2.04. The van der Waals surface area contributed by atoms with Crippen molar-refractivity contribution in [2.24, 2.45) is 0 Å². The van der Waals surface area contributed by atoms with Gasteiger partial charge in [-0.1, -0.05) is 35.5 Å². The minimum Gasteiger partial charge on any atom is -0.396 e. The maximum Gasteiger partial charge on any atom is 0.223 e. The van der Waals surface area contributed by atoms with E-state index in [1.807, 2.05) is 44.2 Å². The minimum atomic E-state index is -0.113. The van der Waals surface area contributed by atoms with Gasteiger partial charge in [0, 0.05) is 25.6 Å². The number of aliphatic hydroxyl groups excluding tert-OH is 1. The van der Waals surface area contributed by atoms with Gasteiger partial charge in [-0.05, 0) is 32.3 Å². The molecule has 2 rings (SSSR count). The quantitative estimate of drug-likeness (QED) is 0.853. The summed E-state index contributed by atoms with van der Waals surface area (Å²) >= 11 is 0. The highest BCUT2D eigenvalue weighted by molar-refractivity contribution is 5.76. The number of aromatic nitrogens is 1. The smallest absolute Gasteiger partial charge is 0.223 e. The zero-order valence-corrected chi connectivity index (χ0v) is 14.0. The van der Waals surface area contributed by atoms with Crippen LogP contribution in [0.25, 0.3) is 0 Å². The Bertz CT molecular complexity index is 617. The van der Waals surface area contributed by atoms with Crippen LogP contribution in [0.15, 0.2) is 34.9 Å². The van der Waals surface area contributed by atoms with Crippen LogP contribution < -0.4 is 0 Å². The number of hydrogen-bond donors (Lipinski definition) is 1. The Morgan fingerprint density at radius 2 is 2.00 bits per heavy atom. The Morgan fingerprint density at radius 3 is 2.57 bits per heavy atom. The van der Waals surface area contributed by atoms with E-state index in [9.17, 15) is 9.90 Å². The summed E-state index contributed by atoms with van der Waals surface area (Å²) in [5.41, 5.74) is 2.88. The third kappa shape index (κ3) is 4.20. The van der Waals surface area contributed by atoms with E-state index in [0.717, 1.165) is 22.6 Å². The summed E-state index contributed by atoms with van der Waals surface area (Å²) in [4.78, 5) is 14.3. The van der Waals surface area contributed by atoms with E-state index in [1.54, 1.807) is 11.9 Å². The van der Waals surface area contributed by atoms with Crippen molar-refractivity contribution in [3.05, 3.63) is 52.9 Å². The van der Waals surface area contributed by atoms with Crippen molar-refractivity contribution in [3.8, 4) is 0 Å². The third-order valence-electron chi connectivity index (χ3n) is 4.22. The maximum absolute atomic E-state index is 12.5. The molecule has 0 radical (unpaired) electrons. The van der Waals surface area contributed by atoms with Crippen LogP contribution in [0, 0.1) is 13.8 Å². The lowest BCUT2D eigenvalue weighted by atomic mass is 10.0. The molecule has 23 heavy (non-hydrogen) atoms. The molecular weight excluding hydrogens is 292 g/mol. The predicted octanol–water partition coefficient (Wildman–Crippen LogP) is 2.81. The number of aliphatic hydroxyl groups is 1. The molecule has 0 aliphatic carbocycles. The van der Waals surface area contributed by atoms with Crippen LogP contribution in [0.2, 0.25) is 0 Å². The first kappa shape index (κ1) is 17.2. The molecule has 1 N–H and O–H groups in total. The summed E-state index contributed by atoms with van der Waals surface area (Å²) in [6.07, 6.45) is 1.54. The molecule has 2 aromatic rings. The number of hydrogen-bond acceptors (Lipinski definition) is 4. The molecular formula is C18H24N2O3. The van der Waals surface area contributed by atoms with Gasteiger partial charge in [0.2, 0.25) is 5.91 Å². The molecule has 1 aromatic carbocycles. The zero-order chi connectivity index (χ0) is 16.8. The highest BCUT2D eigenvalue weighted by Gasteiger charge is 2.21. The lowest BCUT2D eigenvalue weighted by Crippen LogP contribution is -2.32. The fourth-order valence-corrected chi connectivity index (χ4v) is 2.82. The largest absolute Gasteiger partial charge is 0.396 e. The summed E-state index contributed by atoms with van der Waals surface area (Å²) in [6.45, 7) is 3.79. The van der Waals surface area contributed by atoms with Gasteiger partial charge in [-0.25, -0.2) is 0 Å². The molecule has 1 unspecified atom stereocenters. The molecule has 5 nitrogen and oxygen atoms in total. The van der Waals surface area contributed by atoms with E-state index >= 15 is 0 Å². The van der Waals surface area contributed by atoms with Gasteiger partial charge in [0.25, 0.3) is 0 Å². The molecule has 0 fully saturated rings. The number of rotatable bonds is 7. The standard InChI is InChI=1S/C18H24N2O3/c1-13-16(14(2)23-19-13)9-10-18(22)20(3)17(11-12-21)15-7-5-4-6-8-15/h4-8,17,21H,9-12H2,1-3H3. The van der Waals surface area contributed by atoms with Crippen LogP contribution in [0.4, 0.5) is 0 Å². The van der Waals surface area contributed by atoms with E-state index < -0.39 is 0 Å². The second-order valence-corrected chi connectivity index (χ2v) is 5.75. The number of carbonyl (C=O) groups excluding carboxylic acids is 1. The molecule has 1 aromatic heterocycles. The number of aryl methyl sites for hydroxylation is 2. The molecule has 0 spiro atoms. The Hall–Kier alpha value is -2.14. The molecule has 1 amide bonds. The average Bonchev–Trinajstić information content (AvgIpc) is 2.89. The minimum absolute atomic E-state index is 0.0427. The van der Waals surface area contributed by atoms with Gasteiger partial charge in [-0.2, -0.15) is 0 Å². The fraction of sp³-hybridized carbons (Fsp3) is 0.444. The molecule has 0 bridgehead atoms. The SMILES string of the molecule is Cc1noc(C)c1CCC(=O)N(C)C(CCO)c1ccccc1. The van der Waals surface area contributed by atoms with Crippen molar-refractivity contribution >= 4 is 5.91 Å². The second kappa shape index (κ2) is 7.92. The summed E-state index contributed by atoms with van der Waals surface area (Å²) in [5, 5.41) is 13.2. The average molecular weight is 316 g/mol. The van der Waals surface area contributed by atoms with Gasteiger partial charge in [0.15, 0.2) is 0 Å².